The monoisotopic (exact) mass is 320 g/mol. The molecule has 0 N–H and O–H groups in total. The van der Waals surface area contributed by atoms with Crippen LogP contribution in [0.3, 0.4) is 0 Å². The summed E-state index contributed by atoms with van der Waals surface area (Å²) in [5.41, 5.74) is 0.378. The van der Waals surface area contributed by atoms with Crippen LogP contribution in [0.1, 0.15) is 23.3 Å². The van der Waals surface area contributed by atoms with E-state index < -0.39 is 0 Å². The molecule has 1 aromatic heterocycles. The molecule has 2 aliphatic heterocycles. The quantitative estimate of drug-likeness (QED) is 0.825. The molecular formula is C15H20N4O2S. The Morgan fingerprint density at radius 3 is 3.00 bits per heavy atom. The fourth-order valence-electron chi connectivity index (χ4n) is 3.35. The van der Waals surface area contributed by atoms with Crippen molar-refractivity contribution in [3.63, 3.8) is 0 Å². The van der Waals surface area contributed by atoms with Gasteiger partial charge >= 0.3 is 0 Å². The lowest BCUT2D eigenvalue weighted by Gasteiger charge is -2.24. The lowest BCUT2D eigenvalue weighted by molar-refractivity contribution is -0.131. The van der Waals surface area contributed by atoms with Crippen molar-refractivity contribution in [3.8, 4) is 0 Å². The van der Waals surface area contributed by atoms with Gasteiger partial charge in [-0.2, -0.15) is 16.9 Å². The van der Waals surface area contributed by atoms with E-state index in [1.165, 1.54) is 0 Å². The van der Waals surface area contributed by atoms with E-state index in [2.05, 4.69) is 10.2 Å². The first kappa shape index (κ1) is 15.3. The average Bonchev–Trinajstić information content (AvgIpc) is 3.13. The molecule has 0 radical (unpaired) electrons. The fourth-order valence-corrected chi connectivity index (χ4v) is 3.73. The molecule has 0 saturated carbocycles. The van der Waals surface area contributed by atoms with Crippen LogP contribution in [0.15, 0.2) is 18.3 Å². The first-order valence-electron chi connectivity index (χ1n) is 7.56. The van der Waals surface area contributed by atoms with Gasteiger partial charge in [-0.1, -0.05) is 0 Å². The molecule has 7 heteroatoms. The SMILES string of the molecule is CSCCC(=O)N1CC[C@H]2CN(C(=O)c3cccnn3)C[C@H]21. The Kier molecular flexibility index (Phi) is 4.61. The van der Waals surface area contributed by atoms with Crippen LogP contribution in [0.2, 0.25) is 0 Å². The largest absolute Gasteiger partial charge is 0.338 e. The van der Waals surface area contributed by atoms with Crippen LogP contribution in [0.25, 0.3) is 0 Å². The second kappa shape index (κ2) is 6.64. The lowest BCUT2D eigenvalue weighted by Crippen LogP contribution is -2.41. The smallest absolute Gasteiger partial charge is 0.274 e. The number of rotatable bonds is 4. The third-order valence-corrected chi connectivity index (χ3v) is 5.08. The van der Waals surface area contributed by atoms with E-state index in [9.17, 15) is 9.59 Å². The Hall–Kier alpha value is -1.63. The zero-order chi connectivity index (χ0) is 15.5. The molecule has 1 aromatic rings. The summed E-state index contributed by atoms with van der Waals surface area (Å²) < 4.78 is 0. The normalized spacial score (nSPS) is 23.7. The van der Waals surface area contributed by atoms with Gasteiger partial charge in [0, 0.05) is 43.9 Å². The maximum absolute atomic E-state index is 12.4. The van der Waals surface area contributed by atoms with E-state index in [-0.39, 0.29) is 17.9 Å². The van der Waals surface area contributed by atoms with E-state index in [0.717, 1.165) is 18.7 Å². The molecule has 0 spiro atoms. The molecule has 22 heavy (non-hydrogen) atoms. The van der Waals surface area contributed by atoms with Gasteiger partial charge in [-0.05, 0) is 24.8 Å². The van der Waals surface area contributed by atoms with Gasteiger partial charge in [0.1, 0.15) is 0 Å². The molecule has 2 saturated heterocycles. The van der Waals surface area contributed by atoms with Crippen LogP contribution in [-0.2, 0) is 4.79 Å². The number of hydrogen-bond acceptors (Lipinski definition) is 5. The van der Waals surface area contributed by atoms with Gasteiger partial charge in [-0.3, -0.25) is 9.59 Å². The first-order valence-corrected chi connectivity index (χ1v) is 8.95. The van der Waals surface area contributed by atoms with Crippen LogP contribution >= 0.6 is 11.8 Å². The van der Waals surface area contributed by atoms with E-state index in [0.29, 0.717) is 31.1 Å². The highest BCUT2D eigenvalue weighted by Crippen LogP contribution is 2.32. The molecule has 2 atom stereocenters. The third kappa shape index (κ3) is 2.95. The maximum atomic E-state index is 12.4. The summed E-state index contributed by atoms with van der Waals surface area (Å²) in [6.07, 6.45) is 5.14. The first-order chi connectivity index (χ1) is 10.7. The number of likely N-dealkylation sites (tertiary alicyclic amines) is 2. The Balaban J connectivity index is 1.64. The van der Waals surface area contributed by atoms with Gasteiger partial charge < -0.3 is 9.80 Å². The molecule has 2 aliphatic rings. The van der Waals surface area contributed by atoms with Crippen molar-refractivity contribution in [2.45, 2.75) is 18.9 Å². The number of hydrogen-bond donors (Lipinski definition) is 0. The summed E-state index contributed by atoms with van der Waals surface area (Å²) in [5.74, 6) is 1.39. The van der Waals surface area contributed by atoms with E-state index in [1.54, 1.807) is 30.1 Å². The minimum Gasteiger partial charge on any atom is -0.338 e. The lowest BCUT2D eigenvalue weighted by atomic mass is 10.1. The molecular weight excluding hydrogens is 300 g/mol. The second-order valence-corrected chi connectivity index (χ2v) is 6.75. The van der Waals surface area contributed by atoms with Crippen molar-refractivity contribution >= 4 is 23.6 Å². The molecule has 0 bridgehead atoms. The molecule has 118 valence electrons. The third-order valence-electron chi connectivity index (χ3n) is 4.47. The Bertz CT molecular complexity index is 554. The molecule has 3 rings (SSSR count). The Labute approximate surface area is 134 Å². The highest BCUT2D eigenvalue weighted by molar-refractivity contribution is 7.98. The van der Waals surface area contributed by atoms with E-state index >= 15 is 0 Å². The Morgan fingerprint density at radius 1 is 1.41 bits per heavy atom. The fraction of sp³-hybridized carbons (Fsp3) is 0.600. The van der Waals surface area contributed by atoms with E-state index in [4.69, 9.17) is 0 Å². The van der Waals surface area contributed by atoms with Gasteiger partial charge in [0.2, 0.25) is 5.91 Å². The van der Waals surface area contributed by atoms with Crippen molar-refractivity contribution in [1.29, 1.82) is 0 Å². The van der Waals surface area contributed by atoms with Crippen LogP contribution in [0.4, 0.5) is 0 Å². The van der Waals surface area contributed by atoms with Crippen LogP contribution in [-0.4, -0.2) is 69.5 Å². The number of aromatic nitrogens is 2. The second-order valence-electron chi connectivity index (χ2n) is 5.77. The standard InChI is InChI=1S/C15H20N4O2S/c1-22-8-5-14(20)19-7-4-11-9-18(10-13(11)19)15(21)12-3-2-6-16-17-12/h2-3,6,11,13H,4-5,7-10H2,1H3/t11-,13+/m0/s1. The summed E-state index contributed by atoms with van der Waals surface area (Å²) in [5, 5.41) is 7.65. The van der Waals surface area contributed by atoms with Gasteiger partial charge in [0.25, 0.3) is 5.91 Å². The predicted molar refractivity (Wildman–Crippen MR) is 84.5 cm³/mol. The summed E-state index contributed by atoms with van der Waals surface area (Å²) in [6, 6.07) is 3.58. The number of nitrogens with zero attached hydrogens (tertiary/aromatic N) is 4. The number of amides is 2. The number of thioether (sulfide) groups is 1. The minimum absolute atomic E-state index is 0.0842. The Morgan fingerprint density at radius 2 is 2.27 bits per heavy atom. The number of carbonyl (C=O) groups excluding carboxylic acids is 2. The summed E-state index contributed by atoms with van der Waals surface area (Å²) in [7, 11) is 0. The van der Waals surface area contributed by atoms with Crippen molar-refractivity contribution < 1.29 is 9.59 Å². The van der Waals surface area contributed by atoms with Gasteiger partial charge in [0.05, 0.1) is 6.04 Å². The number of carbonyl (C=O) groups is 2. The van der Waals surface area contributed by atoms with Crippen molar-refractivity contribution in [3.05, 3.63) is 24.0 Å². The van der Waals surface area contributed by atoms with Gasteiger partial charge in [-0.25, -0.2) is 0 Å². The molecule has 6 nitrogen and oxygen atoms in total. The summed E-state index contributed by atoms with van der Waals surface area (Å²) >= 11 is 1.69. The summed E-state index contributed by atoms with van der Waals surface area (Å²) in [6.45, 7) is 2.16. The van der Waals surface area contributed by atoms with Crippen LogP contribution < -0.4 is 0 Å². The maximum Gasteiger partial charge on any atom is 0.274 e. The molecule has 2 fully saturated rings. The molecule has 0 unspecified atom stereocenters. The van der Waals surface area contributed by atoms with Crippen molar-refractivity contribution in [2.75, 3.05) is 31.6 Å². The molecule has 0 aromatic carbocycles. The summed E-state index contributed by atoms with van der Waals surface area (Å²) in [4.78, 5) is 28.5. The topological polar surface area (TPSA) is 66.4 Å². The zero-order valence-electron chi connectivity index (χ0n) is 12.6. The van der Waals surface area contributed by atoms with E-state index in [1.807, 2.05) is 16.1 Å². The number of fused-ring (bicyclic) bond motifs is 1. The highest BCUT2D eigenvalue weighted by atomic mass is 32.2. The molecule has 0 aliphatic carbocycles. The van der Waals surface area contributed by atoms with Crippen LogP contribution in [0.5, 0.6) is 0 Å². The average molecular weight is 320 g/mol. The van der Waals surface area contributed by atoms with Gasteiger partial charge in [0.15, 0.2) is 5.69 Å². The highest BCUT2D eigenvalue weighted by Gasteiger charge is 2.44. The minimum atomic E-state index is -0.0842. The predicted octanol–water partition coefficient (Wildman–Crippen LogP) is 0.903. The van der Waals surface area contributed by atoms with Gasteiger partial charge in [-0.15, -0.1) is 5.10 Å². The molecule has 3 heterocycles. The van der Waals surface area contributed by atoms with Crippen molar-refractivity contribution in [2.24, 2.45) is 5.92 Å². The van der Waals surface area contributed by atoms with Crippen molar-refractivity contribution in [1.82, 2.24) is 20.0 Å². The molecule has 2 amide bonds. The van der Waals surface area contributed by atoms with Crippen LogP contribution in [0, 0.1) is 5.92 Å². The zero-order valence-corrected chi connectivity index (χ0v) is 13.5.